The molecule has 1 aliphatic rings. The highest BCUT2D eigenvalue weighted by molar-refractivity contribution is 6.46. The minimum Gasteiger partial charge on any atom is -0.507 e. The van der Waals surface area contributed by atoms with E-state index < -0.39 is 17.7 Å². The van der Waals surface area contributed by atoms with E-state index in [2.05, 4.69) is 13.8 Å². The second kappa shape index (κ2) is 11.9. The van der Waals surface area contributed by atoms with Gasteiger partial charge in [0.2, 0.25) is 0 Å². The first-order valence-corrected chi connectivity index (χ1v) is 12.0. The number of carbonyl (C=O) groups is 2. The summed E-state index contributed by atoms with van der Waals surface area (Å²) in [6.07, 6.45) is 0.536. The topological polar surface area (TPSA) is 94.5 Å². The van der Waals surface area contributed by atoms with Gasteiger partial charge in [0.15, 0.2) is 11.5 Å². The fraction of sp³-hybridized carbons (Fsp3) is 0.429. The molecule has 0 radical (unpaired) electrons. The van der Waals surface area contributed by atoms with Gasteiger partial charge in [-0.05, 0) is 60.7 Å². The molecule has 1 atom stereocenters. The number of Topliss-reactive ketones (excluding diaryl/α,β-unsaturated/α-hetero) is 1. The summed E-state index contributed by atoms with van der Waals surface area (Å²) < 4.78 is 21.7. The number of likely N-dealkylation sites (tertiary alicyclic amines) is 1. The summed E-state index contributed by atoms with van der Waals surface area (Å²) >= 11 is 0. The van der Waals surface area contributed by atoms with Crippen LogP contribution in [0.1, 0.15) is 43.0 Å². The van der Waals surface area contributed by atoms with E-state index in [-0.39, 0.29) is 17.9 Å². The highest BCUT2D eigenvalue weighted by Crippen LogP contribution is 2.42. The largest absolute Gasteiger partial charge is 0.507 e. The maximum atomic E-state index is 13.3. The zero-order valence-corrected chi connectivity index (χ0v) is 21.8. The second-order valence-corrected chi connectivity index (χ2v) is 9.13. The van der Waals surface area contributed by atoms with Gasteiger partial charge in [-0.25, -0.2) is 0 Å². The monoisotopic (exact) mass is 497 g/mol. The molecule has 0 saturated carbocycles. The number of ketones is 1. The highest BCUT2D eigenvalue weighted by Gasteiger charge is 2.46. The van der Waals surface area contributed by atoms with Crippen molar-refractivity contribution in [3.05, 3.63) is 58.7 Å². The van der Waals surface area contributed by atoms with Crippen LogP contribution in [0.4, 0.5) is 0 Å². The number of nitrogens with zero attached hydrogens (tertiary/aromatic N) is 1. The van der Waals surface area contributed by atoms with E-state index in [9.17, 15) is 14.7 Å². The molecule has 194 valence electrons. The van der Waals surface area contributed by atoms with Gasteiger partial charge in [-0.15, -0.1) is 0 Å². The van der Waals surface area contributed by atoms with Gasteiger partial charge in [0.25, 0.3) is 11.7 Å². The summed E-state index contributed by atoms with van der Waals surface area (Å²) in [6, 6.07) is 9.70. The Balaban J connectivity index is 2.12. The lowest BCUT2D eigenvalue weighted by molar-refractivity contribution is -0.140. The number of aryl methyl sites for hydroxylation is 1. The van der Waals surface area contributed by atoms with Crippen LogP contribution in [0.15, 0.2) is 42.0 Å². The van der Waals surface area contributed by atoms with Crippen LogP contribution >= 0.6 is 0 Å². The number of hydrogen-bond donors (Lipinski definition) is 1. The number of carbonyl (C=O) groups excluding carboxylic acids is 2. The van der Waals surface area contributed by atoms with E-state index in [1.165, 1.54) is 19.1 Å². The standard InChI is InChI=1S/C28H35NO7/c1-17(2)16-36-20-9-10-21(18(3)14-20)26(30)24-25(19-8-11-22(34-5)23(15-19)35-6)29(12-7-13-33-4)28(32)27(24)31/h8-11,14-15,17,25,30H,7,12-13,16H2,1-6H3/b26-24+. The lowest BCUT2D eigenvalue weighted by Gasteiger charge is -2.26. The van der Waals surface area contributed by atoms with E-state index in [0.29, 0.717) is 53.9 Å². The Morgan fingerprint density at radius 2 is 1.75 bits per heavy atom. The van der Waals surface area contributed by atoms with Gasteiger partial charge in [-0.3, -0.25) is 9.59 Å². The van der Waals surface area contributed by atoms with Crippen molar-refractivity contribution in [3.8, 4) is 17.2 Å². The van der Waals surface area contributed by atoms with Crippen LogP contribution in [0.3, 0.4) is 0 Å². The molecular formula is C28H35NO7. The summed E-state index contributed by atoms with van der Waals surface area (Å²) in [5.41, 5.74) is 1.85. The van der Waals surface area contributed by atoms with Crippen LogP contribution < -0.4 is 14.2 Å². The average Bonchev–Trinajstić information content (AvgIpc) is 3.11. The van der Waals surface area contributed by atoms with Crippen LogP contribution in [0.5, 0.6) is 17.2 Å². The molecule has 1 fully saturated rings. The summed E-state index contributed by atoms with van der Waals surface area (Å²) in [5.74, 6) is 0.399. The number of aliphatic hydroxyl groups is 1. The number of benzene rings is 2. The molecule has 0 aliphatic carbocycles. The molecule has 1 amide bonds. The SMILES string of the molecule is COCCCN1C(=O)C(=O)/C(=C(/O)c2ccc(OCC(C)C)cc2C)C1c1ccc(OC)c(OC)c1. The van der Waals surface area contributed by atoms with Crippen molar-refractivity contribution in [2.75, 3.05) is 41.1 Å². The molecule has 3 rings (SSSR count). The first-order valence-electron chi connectivity index (χ1n) is 12.0. The maximum absolute atomic E-state index is 13.3. The van der Waals surface area contributed by atoms with E-state index in [4.69, 9.17) is 18.9 Å². The average molecular weight is 498 g/mol. The molecule has 1 unspecified atom stereocenters. The maximum Gasteiger partial charge on any atom is 0.295 e. The van der Waals surface area contributed by atoms with Gasteiger partial charge in [0.1, 0.15) is 11.5 Å². The summed E-state index contributed by atoms with van der Waals surface area (Å²) in [7, 11) is 4.63. The molecule has 0 spiro atoms. The Morgan fingerprint density at radius 3 is 2.36 bits per heavy atom. The number of methoxy groups -OCH3 is 3. The van der Waals surface area contributed by atoms with Crippen molar-refractivity contribution in [1.29, 1.82) is 0 Å². The number of aliphatic hydroxyl groups excluding tert-OH is 1. The van der Waals surface area contributed by atoms with Gasteiger partial charge in [-0.2, -0.15) is 0 Å². The van der Waals surface area contributed by atoms with Crippen molar-refractivity contribution in [3.63, 3.8) is 0 Å². The lowest BCUT2D eigenvalue weighted by Crippen LogP contribution is -2.31. The minimum absolute atomic E-state index is 0.0311. The zero-order chi connectivity index (χ0) is 26.4. The Labute approximate surface area is 212 Å². The van der Waals surface area contributed by atoms with Crippen molar-refractivity contribution in [1.82, 2.24) is 4.90 Å². The minimum atomic E-state index is -0.794. The third-order valence-corrected chi connectivity index (χ3v) is 6.05. The molecule has 1 aliphatic heterocycles. The van der Waals surface area contributed by atoms with Crippen LogP contribution in [-0.2, 0) is 14.3 Å². The van der Waals surface area contributed by atoms with Gasteiger partial charge in [0, 0.05) is 25.8 Å². The lowest BCUT2D eigenvalue weighted by atomic mass is 9.93. The first kappa shape index (κ1) is 27.1. The molecule has 2 aromatic rings. The van der Waals surface area contributed by atoms with Gasteiger partial charge < -0.3 is 29.0 Å². The molecule has 36 heavy (non-hydrogen) atoms. The predicted octanol–water partition coefficient (Wildman–Crippen LogP) is 4.51. The Morgan fingerprint density at radius 1 is 1.03 bits per heavy atom. The van der Waals surface area contributed by atoms with E-state index in [1.807, 2.05) is 13.0 Å². The van der Waals surface area contributed by atoms with Crippen molar-refractivity contribution in [2.45, 2.75) is 33.2 Å². The van der Waals surface area contributed by atoms with E-state index in [0.717, 1.165) is 5.56 Å². The summed E-state index contributed by atoms with van der Waals surface area (Å²) in [6.45, 7) is 7.24. The van der Waals surface area contributed by atoms with Crippen molar-refractivity contribution in [2.24, 2.45) is 5.92 Å². The highest BCUT2D eigenvalue weighted by atomic mass is 16.5. The Bertz CT molecular complexity index is 1140. The number of amides is 1. The molecule has 2 aromatic carbocycles. The van der Waals surface area contributed by atoms with Crippen LogP contribution in [0, 0.1) is 12.8 Å². The smallest absolute Gasteiger partial charge is 0.295 e. The summed E-state index contributed by atoms with van der Waals surface area (Å²) in [4.78, 5) is 27.8. The molecule has 1 saturated heterocycles. The zero-order valence-electron chi connectivity index (χ0n) is 21.8. The third-order valence-electron chi connectivity index (χ3n) is 6.05. The number of hydrogen-bond acceptors (Lipinski definition) is 7. The number of ether oxygens (including phenoxy) is 4. The van der Waals surface area contributed by atoms with E-state index >= 15 is 0 Å². The fourth-order valence-electron chi connectivity index (χ4n) is 4.26. The first-order chi connectivity index (χ1) is 17.2. The normalized spacial score (nSPS) is 17.1. The van der Waals surface area contributed by atoms with Gasteiger partial charge in [0.05, 0.1) is 32.4 Å². The molecule has 8 heteroatoms. The molecule has 0 bridgehead atoms. The quantitative estimate of drug-likeness (QED) is 0.211. The van der Waals surface area contributed by atoms with Crippen molar-refractivity contribution < 1.29 is 33.6 Å². The van der Waals surface area contributed by atoms with Crippen molar-refractivity contribution >= 4 is 17.4 Å². The molecule has 1 heterocycles. The third kappa shape index (κ3) is 5.65. The summed E-state index contributed by atoms with van der Waals surface area (Å²) in [5, 5.41) is 11.4. The van der Waals surface area contributed by atoms with Crippen LogP contribution in [0.2, 0.25) is 0 Å². The Kier molecular flexibility index (Phi) is 8.98. The van der Waals surface area contributed by atoms with Crippen LogP contribution in [0.25, 0.3) is 5.76 Å². The fourth-order valence-corrected chi connectivity index (χ4v) is 4.26. The molecule has 8 nitrogen and oxygen atoms in total. The van der Waals surface area contributed by atoms with E-state index in [1.54, 1.807) is 37.4 Å². The Hall–Kier alpha value is -3.52. The molecule has 0 aromatic heterocycles. The van der Waals surface area contributed by atoms with Gasteiger partial charge >= 0.3 is 0 Å². The predicted molar refractivity (Wildman–Crippen MR) is 137 cm³/mol. The molecular weight excluding hydrogens is 462 g/mol. The van der Waals surface area contributed by atoms with Gasteiger partial charge in [-0.1, -0.05) is 19.9 Å². The molecule has 1 N–H and O–H groups in total. The number of rotatable bonds is 11. The second-order valence-electron chi connectivity index (χ2n) is 9.13. The van der Waals surface area contributed by atoms with Crippen LogP contribution in [-0.4, -0.2) is 62.8 Å².